The van der Waals surface area contributed by atoms with E-state index in [0.29, 0.717) is 5.69 Å². The van der Waals surface area contributed by atoms with Gasteiger partial charge < -0.3 is 30.4 Å². The molecule has 0 aliphatic heterocycles. The van der Waals surface area contributed by atoms with Gasteiger partial charge in [-0.25, -0.2) is 0 Å². The van der Waals surface area contributed by atoms with E-state index in [9.17, 15) is 30.4 Å². The molecule has 0 saturated carbocycles. The van der Waals surface area contributed by atoms with Crippen LogP contribution in [0.5, 0.6) is 0 Å². The Morgan fingerprint density at radius 2 is 1.81 bits per heavy atom. The van der Waals surface area contributed by atoms with E-state index in [0.717, 1.165) is 12.1 Å². The van der Waals surface area contributed by atoms with Gasteiger partial charge in [-0.05, 0) is 31.7 Å². The van der Waals surface area contributed by atoms with E-state index < -0.39 is 39.9 Å². The van der Waals surface area contributed by atoms with Gasteiger partial charge in [0.05, 0.1) is 41.0 Å². The van der Waals surface area contributed by atoms with Gasteiger partial charge in [-0.15, -0.1) is 0 Å². The Kier molecular flexibility index (Phi) is 8.63. The highest BCUT2D eigenvalue weighted by molar-refractivity contribution is 5.82. The number of hydrogen-bond donors (Lipinski definition) is 3. The molecule has 172 valence electrons. The van der Waals surface area contributed by atoms with Crippen molar-refractivity contribution >= 4 is 28.7 Å². The molecule has 0 heterocycles. The summed E-state index contributed by atoms with van der Waals surface area (Å²) in [4.78, 5) is 22.6. The van der Waals surface area contributed by atoms with Gasteiger partial charge in [-0.2, -0.15) is 0 Å². The zero-order valence-corrected chi connectivity index (χ0v) is 17.4. The second kappa shape index (κ2) is 11.4. The zero-order chi connectivity index (χ0) is 23.7. The van der Waals surface area contributed by atoms with Gasteiger partial charge in [0.15, 0.2) is 0 Å². The number of hydrazine groups is 1. The summed E-state index contributed by atoms with van der Waals surface area (Å²) >= 11 is 0. The van der Waals surface area contributed by atoms with E-state index in [1.165, 1.54) is 0 Å². The first kappa shape index (κ1) is 24.2. The second-order valence-electron chi connectivity index (χ2n) is 6.22. The van der Waals surface area contributed by atoms with Gasteiger partial charge in [0.1, 0.15) is 0 Å². The fourth-order valence-electron chi connectivity index (χ4n) is 2.75. The molecule has 12 heteroatoms. The number of rotatable bonds is 11. The largest absolute Gasteiger partial charge is 0.733 e. The molecule has 3 N–H and O–H groups in total. The lowest BCUT2D eigenvalue weighted by molar-refractivity contribution is -0.385. The number of carbonyl (C=O) groups excluding carboxylic acids is 1. The molecule has 0 aliphatic rings. The molecule has 0 atom stereocenters. The number of nitro benzene ring substituents is 1. The van der Waals surface area contributed by atoms with E-state index >= 15 is 0 Å². The molecule has 0 fully saturated rings. The van der Waals surface area contributed by atoms with Gasteiger partial charge in [0.25, 0.3) is 5.69 Å². The van der Waals surface area contributed by atoms with Crippen molar-refractivity contribution in [2.45, 2.75) is 20.3 Å². The summed E-state index contributed by atoms with van der Waals surface area (Å²) in [5, 5.41) is 44.8. The van der Waals surface area contributed by atoms with Crippen molar-refractivity contribution in [3.8, 4) is 0 Å². The van der Waals surface area contributed by atoms with E-state index in [2.05, 4.69) is 10.9 Å². The van der Waals surface area contributed by atoms with Crippen molar-refractivity contribution in [3.05, 3.63) is 74.9 Å². The maximum Gasteiger partial charge on any atom is 0.310 e. The predicted octanol–water partition coefficient (Wildman–Crippen LogP) is 2.03. The summed E-state index contributed by atoms with van der Waals surface area (Å²) in [5.41, 5.74) is 4.03. The summed E-state index contributed by atoms with van der Waals surface area (Å²) < 4.78 is 9.85. The highest BCUT2D eigenvalue weighted by Gasteiger charge is 2.23. The first-order valence-electron chi connectivity index (χ1n) is 9.53. The molecule has 2 aromatic carbocycles. The molecule has 0 bridgehead atoms. The molecular formula is C20H22N4O8-2. The number of carbonyl (C=O) groups is 1. The predicted molar refractivity (Wildman–Crippen MR) is 113 cm³/mol. The lowest BCUT2D eigenvalue weighted by Crippen LogP contribution is -2.27. The molecular weight excluding hydrogens is 424 g/mol. The fourth-order valence-corrected chi connectivity index (χ4v) is 2.75. The summed E-state index contributed by atoms with van der Waals surface area (Å²) in [6.45, 7) is 3.20. The molecule has 0 spiro atoms. The number of para-hydroxylation sites is 1. The summed E-state index contributed by atoms with van der Waals surface area (Å²) in [5.74, 6) is -1.65. The number of nitrogens with zero attached hydrogens (tertiary/aromatic N) is 2. The molecule has 2 rings (SSSR count). The third-order valence-electron chi connectivity index (χ3n) is 4.09. The molecule has 0 aliphatic carbocycles. The maximum absolute atomic E-state index is 12.6. The molecule has 0 radical (unpaired) electrons. The van der Waals surface area contributed by atoms with Gasteiger partial charge in [-0.1, -0.05) is 25.1 Å². The van der Waals surface area contributed by atoms with E-state index in [1.807, 2.05) is 0 Å². The Labute approximate surface area is 183 Å². The van der Waals surface area contributed by atoms with E-state index in [1.54, 1.807) is 44.2 Å². The lowest BCUT2D eigenvalue weighted by Gasteiger charge is -2.28. The van der Waals surface area contributed by atoms with Crippen LogP contribution >= 0.6 is 0 Å². The number of ether oxygens (including phenoxy) is 2. The van der Waals surface area contributed by atoms with E-state index in [-0.39, 0.29) is 30.0 Å². The average Bonchev–Trinajstić information content (AvgIpc) is 2.74. The molecule has 12 nitrogen and oxygen atoms in total. The zero-order valence-electron chi connectivity index (χ0n) is 17.4. The van der Waals surface area contributed by atoms with Crippen LogP contribution in [-0.4, -0.2) is 29.3 Å². The van der Waals surface area contributed by atoms with Crippen LogP contribution in [0.15, 0.2) is 48.4 Å². The van der Waals surface area contributed by atoms with Crippen molar-refractivity contribution in [1.82, 2.24) is 5.43 Å². The number of esters is 1. The summed E-state index contributed by atoms with van der Waals surface area (Å²) in [6, 6.07) is 10.5. The quantitative estimate of drug-likeness (QED) is 0.199. The van der Waals surface area contributed by atoms with E-state index in [4.69, 9.17) is 9.47 Å². The number of benzene rings is 2. The second-order valence-corrected chi connectivity index (χ2v) is 6.22. The minimum absolute atomic E-state index is 0.00639. The molecule has 32 heavy (non-hydrogen) atoms. The SMILES string of the molecule is CCOC(=O)Cc1cc(C(NNc2ccccc2)=C([O-])OCC)c(N([O-])O)cc1[N+](=O)[O-]. The number of nitro groups is 1. The highest BCUT2D eigenvalue weighted by atomic mass is 16.8. The van der Waals surface area contributed by atoms with Crippen molar-refractivity contribution in [2.75, 3.05) is 23.9 Å². The molecule has 0 unspecified atom stereocenters. The van der Waals surface area contributed by atoms with Crippen LogP contribution in [0.4, 0.5) is 17.1 Å². The van der Waals surface area contributed by atoms with Crippen molar-refractivity contribution < 1.29 is 29.5 Å². The van der Waals surface area contributed by atoms with Gasteiger partial charge in [0, 0.05) is 17.2 Å². The monoisotopic (exact) mass is 446 g/mol. The van der Waals surface area contributed by atoms with Crippen LogP contribution in [0.2, 0.25) is 0 Å². The molecule has 2 aromatic rings. The molecule has 0 saturated heterocycles. The van der Waals surface area contributed by atoms with Crippen molar-refractivity contribution in [1.29, 1.82) is 0 Å². The lowest BCUT2D eigenvalue weighted by atomic mass is 10.0. The van der Waals surface area contributed by atoms with Crippen molar-refractivity contribution in [2.24, 2.45) is 0 Å². The van der Waals surface area contributed by atoms with Crippen LogP contribution in [0.3, 0.4) is 0 Å². The third kappa shape index (κ3) is 6.23. The Balaban J connectivity index is 2.62. The van der Waals surface area contributed by atoms with Gasteiger partial charge >= 0.3 is 5.97 Å². The average molecular weight is 446 g/mol. The molecule has 0 aromatic heterocycles. The minimum Gasteiger partial charge on any atom is -0.733 e. The van der Waals surface area contributed by atoms with Crippen LogP contribution < -0.4 is 21.2 Å². The normalized spacial score (nSPS) is 11.2. The smallest absolute Gasteiger partial charge is 0.310 e. The Hall–Kier alpha value is -4.03. The Bertz CT molecular complexity index is 979. The molecule has 0 amide bonds. The van der Waals surface area contributed by atoms with Gasteiger partial charge in [-0.3, -0.25) is 25.5 Å². The first-order valence-corrected chi connectivity index (χ1v) is 9.53. The third-order valence-corrected chi connectivity index (χ3v) is 4.09. The maximum atomic E-state index is 12.6. The van der Waals surface area contributed by atoms with Crippen LogP contribution in [0, 0.1) is 15.3 Å². The first-order chi connectivity index (χ1) is 15.3. The number of hydrogen-bond acceptors (Lipinski definition) is 11. The standard InChI is InChI=1S/C20H23N4O8/c1-3-31-18(25)11-13-10-15(17(24(29)30)12-16(13)23(27)28)19(20(26)32-4-2)22-21-14-8-6-5-7-9-14/h5-10,12,21-22,26,29H,3-4,11H2,1-2H3/q-1/p-1. The topological polar surface area (TPSA) is 172 Å². The fraction of sp³-hybridized carbons (Fsp3) is 0.250. The minimum atomic E-state index is -0.907. The van der Waals surface area contributed by atoms with Crippen LogP contribution in [0.1, 0.15) is 25.0 Å². The van der Waals surface area contributed by atoms with Crippen LogP contribution in [0.25, 0.3) is 5.70 Å². The summed E-state index contributed by atoms with van der Waals surface area (Å²) in [6.07, 6.45) is -0.496. The van der Waals surface area contributed by atoms with Gasteiger partial charge in [0.2, 0.25) is 0 Å². The number of anilines is 2. The highest BCUT2D eigenvalue weighted by Crippen LogP contribution is 2.34. The van der Waals surface area contributed by atoms with Crippen LogP contribution in [-0.2, 0) is 20.7 Å². The Morgan fingerprint density at radius 3 is 2.38 bits per heavy atom. The Morgan fingerprint density at radius 1 is 1.16 bits per heavy atom. The number of nitrogens with one attached hydrogen (secondary N) is 2. The van der Waals surface area contributed by atoms with Crippen molar-refractivity contribution in [3.63, 3.8) is 0 Å². The summed E-state index contributed by atoms with van der Waals surface area (Å²) in [7, 11) is 0.